The van der Waals surface area contributed by atoms with Gasteiger partial charge in [-0.3, -0.25) is 9.59 Å². The Morgan fingerprint density at radius 1 is 0.964 bits per heavy atom. The average Bonchev–Trinajstić information content (AvgIpc) is 2.68. The van der Waals surface area contributed by atoms with Gasteiger partial charge in [0, 0.05) is 5.69 Å². The molecule has 1 aromatic carbocycles. The summed E-state index contributed by atoms with van der Waals surface area (Å²) in [5.74, 6) is -0.377. The summed E-state index contributed by atoms with van der Waals surface area (Å²) in [6, 6.07) is 7.13. The van der Waals surface area contributed by atoms with E-state index in [-0.39, 0.29) is 23.8 Å². The van der Waals surface area contributed by atoms with Crippen molar-refractivity contribution in [1.29, 1.82) is 0 Å². The first-order chi connectivity index (χ1) is 13.3. The quantitative estimate of drug-likeness (QED) is 0.536. The van der Waals surface area contributed by atoms with E-state index in [0.717, 1.165) is 5.56 Å². The van der Waals surface area contributed by atoms with Gasteiger partial charge in [-0.2, -0.15) is 0 Å². The van der Waals surface area contributed by atoms with Crippen molar-refractivity contribution in [2.45, 2.75) is 45.9 Å². The fourth-order valence-electron chi connectivity index (χ4n) is 2.57. The van der Waals surface area contributed by atoms with E-state index in [4.69, 9.17) is 9.47 Å². The van der Waals surface area contributed by atoms with E-state index in [2.05, 4.69) is 23.8 Å². The van der Waals surface area contributed by atoms with Crippen LogP contribution in [-0.2, 0) is 19.1 Å². The molecule has 0 unspecified atom stereocenters. The molecule has 2 N–H and O–H groups in total. The number of carbonyl (C=O) groups excluding carboxylic acids is 2. The third kappa shape index (κ3) is 7.29. The summed E-state index contributed by atoms with van der Waals surface area (Å²) < 4.78 is 10.8. The Bertz CT molecular complexity index is 672. The maximum atomic E-state index is 12.5. The van der Waals surface area contributed by atoms with Crippen molar-refractivity contribution in [3.8, 4) is 0 Å². The summed E-state index contributed by atoms with van der Waals surface area (Å²) in [5.41, 5.74) is 1.46. The minimum Gasteiger partial charge on any atom is -0.365 e. The van der Waals surface area contributed by atoms with Crippen molar-refractivity contribution in [1.82, 2.24) is 5.32 Å². The Kier molecular flexibility index (Phi) is 10.2. The second-order valence-corrected chi connectivity index (χ2v) is 6.84. The van der Waals surface area contributed by atoms with E-state index in [1.165, 1.54) is 0 Å². The Morgan fingerprint density at radius 3 is 2.04 bits per heavy atom. The molecule has 6 nitrogen and oxygen atoms in total. The lowest BCUT2D eigenvalue weighted by molar-refractivity contribution is -0.132. The van der Waals surface area contributed by atoms with Crippen LogP contribution in [-0.4, -0.2) is 37.2 Å². The van der Waals surface area contributed by atoms with Crippen LogP contribution < -0.4 is 10.6 Å². The summed E-state index contributed by atoms with van der Waals surface area (Å²) in [6.07, 6.45) is 1.97. The van der Waals surface area contributed by atoms with Crippen LogP contribution in [0, 0.1) is 5.92 Å². The van der Waals surface area contributed by atoms with Crippen LogP contribution in [0.3, 0.4) is 0 Å². The van der Waals surface area contributed by atoms with Crippen LogP contribution in [0.2, 0.25) is 0 Å². The molecule has 2 amide bonds. The van der Waals surface area contributed by atoms with Gasteiger partial charge in [-0.1, -0.05) is 44.2 Å². The molecule has 0 bridgehead atoms. The summed E-state index contributed by atoms with van der Waals surface area (Å²) >= 11 is 0. The van der Waals surface area contributed by atoms with Gasteiger partial charge in [-0.05, 0) is 31.4 Å². The van der Waals surface area contributed by atoms with Crippen LogP contribution in [0.1, 0.15) is 39.3 Å². The SMILES string of the molecule is C=CCO[C@H](C)C(=O)Nc1ccccc1[C@@H](NC(=O)[C@@H](C)OCC=C)C(C)C. The monoisotopic (exact) mass is 388 g/mol. The van der Waals surface area contributed by atoms with E-state index < -0.39 is 12.2 Å². The molecule has 0 heterocycles. The molecule has 0 spiro atoms. The Labute approximate surface area is 168 Å². The average molecular weight is 389 g/mol. The van der Waals surface area contributed by atoms with Gasteiger partial charge in [-0.15, -0.1) is 13.2 Å². The Balaban J connectivity index is 2.98. The summed E-state index contributed by atoms with van der Waals surface area (Å²) in [5, 5.41) is 5.92. The number of rotatable bonds is 12. The minimum absolute atomic E-state index is 0.100. The number of hydrogen-bond donors (Lipinski definition) is 2. The molecular weight excluding hydrogens is 356 g/mol. The first-order valence-electron chi connectivity index (χ1n) is 9.46. The van der Waals surface area contributed by atoms with E-state index in [1.807, 2.05) is 38.1 Å². The molecule has 0 fully saturated rings. The number of hydrogen-bond acceptors (Lipinski definition) is 4. The zero-order chi connectivity index (χ0) is 21.1. The van der Waals surface area contributed by atoms with Gasteiger partial charge in [0.05, 0.1) is 19.3 Å². The molecule has 3 atom stereocenters. The zero-order valence-electron chi connectivity index (χ0n) is 17.2. The maximum absolute atomic E-state index is 12.5. The van der Waals surface area contributed by atoms with Crippen molar-refractivity contribution in [3.05, 3.63) is 55.1 Å². The summed E-state index contributed by atoms with van der Waals surface area (Å²) in [4.78, 5) is 24.9. The zero-order valence-corrected chi connectivity index (χ0v) is 17.2. The van der Waals surface area contributed by atoms with Crippen molar-refractivity contribution in [2.24, 2.45) is 5.92 Å². The summed E-state index contributed by atoms with van der Waals surface area (Å²) in [6.45, 7) is 15.2. The molecule has 28 heavy (non-hydrogen) atoms. The molecule has 0 aliphatic carbocycles. The van der Waals surface area contributed by atoms with Crippen molar-refractivity contribution in [3.63, 3.8) is 0 Å². The van der Waals surface area contributed by atoms with Crippen LogP contribution >= 0.6 is 0 Å². The lowest BCUT2D eigenvalue weighted by Crippen LogP contribution is -2.39. The third-order valence-corrected chi connectivity index (χ3v) is 4.18. The van der Waals surface area contributed by atoms with E-state index >= 15 is 0 Å². The van der Waals surface area contributed by atoms with Crippen molar-refractivity contribution in [2.75, 3.05) is 18.5 Å². The van der Waals surface area contributed by atoms with E-state index in [9.17, 15) is 9.59 Å². The first kappa shape index (κ1) is 23.6. The molecular formula is C22H32N2O4. The van der Waals surface area contributed by atoms with Crippen LogP contribution in [0.15, 0.2) is 49.6 Å². The molecule has 0 saturated heterocycles. The van der Waals surface area contributed by atoms with Gasteiger partial charge >= 0.3 is 0 Å². The minimum atomic E-state index is -0.620. The van der Waals surface area contributed by atoms with Gasteiger partial charge in [0.2, 0.25) is 5.91 Å². The molecule has 6 heteroatoms. The molecule has 0 radical (unpaired) electrons. The fourth-order valence-corrected chi connectivity index (χ4v) is 2.57. The number of nitrogens with one attached hydrogen (secondary N) is 2. The topological polar surface area (TPSA) is 76.7 Å². The number of ether oxygens (including phenoxy) is 2. The first-order valence-corrected chi connectivity index (χ1v) is 9.46. The number of benzene rings is 1. The standard InChI is InChI=1S/C22H32N2O4/c1-7-13-27-16(5)21(25)23-19-12-10-9-11-18(19)20(15(3)4)24-22(26)17(6)28-14-8-2/h7-12,15-17,20H,1-2,13-14H2,3-6H3,(H,23,25)(H,24,26)/t16-,17-,20+/m1/s1. The normalized spacial score (nSPS) is 14.0. The number of amides is 2. The second-order valence-electron chi connectivity index (χ2n) is 6.84. The number of para-hydroxylation sites is 1. The lowest BCUT2D eigenvalue weighted by Gasteiger charge is -2.27. The lowest BCUT2D eigenvalue weighted by atomic mass is 9.94. The number of anilines is 1. The highest BCUT2D eigenvalue weighted by molar-refractivity contribution is 5.94. The largest absolute Gasteiger partial charge is 0.365 e. The molecule has 1 aromatic rings. The van der Waals surface area contributed by atoms with E-state index in [0.29, 0.717) is 18.9 Å². The molecule has 0 aliphatic heterocycles. The van der Waals surface area contributed by atoms with Crippen LogP contribution in [0.5, 0.6) is 0 Å². The third-order valence-electron chi connectivity index (χ3n) is 4.18. The highest BCUT2D eigenvalue weighted by Crippen LogP contribution is 2.29. The highest BCUT2D eigenvalue weighted by atomic mass is 16.5. The molecule has 1 rings (SSSR count). The van der Waals surface area contributed by atoms with Gasteiger partial charge in [0.25, 0.3) is 5.91 Å². The Hall–Kier alpha value is -2.44. The molecule has 0 aliphatic rings. The van der Waals surface area contributed by atoms with Gasteiger partial charge in [0.15, 0.2) is 0 Å². The van der Waals surface area contributed by atoms with Crippen LogP contribution in [0.4, 0.5) is 5.69 Å². The predicted octanol–water partition coefficient (Wildman–Crippen LogP) is 3.62. The van der Waals surface area contributed by atoms with Gasteiger partial charge in [-0.25, -0.2) is 0 Å². The predicted molar refractivity (Wildman–Crippen MR) is 112 cm³/mol. The Morgan fingerprint density at radius 2 is 1.50 bits per heavy atom. The van der Waals surface area contributed by atoms with E-state index in [1.54, 1.807) is 26.0 Å². The summed E-state index contributed by atoms with van der Waals surface area (Å²) in [7, 11) is 0. The second kappa shape index (κ2) is 12.1. The van der Waals surface area contributed by atoms with Crippen molar-refractivity contribution >= 4 is 17.5 Å². The van der Waals surface area contributed by atoms with Crippen molar-refractivity contribution < 1.29 is 19.1 Å². The molecule has 154 valence electrons. The fraction of sp³-hybridized carbons (Fsp3) is 0.455. The molecule has 0 aromatic heterocycles. The number of carbonyl (C=O) groups is 2. The molecule has 0 saturated carbocycles. The maximum Gasteiger partial charge on any atom is 0.253 e. The smallest absolute Gasteiger partial charge is 0.253 e. The van der Waals surface area contributed by atoms with Crippen LogP contribution in [0.25, 0.3) is 0 Å². The highest BCUT2D eigenvalue weighted by Gasteiger charge is 2.25. The van der Waals surface area contributed by atoms with Gasteiger partial charge in [0.1, 0.15) is 12.2 Å². The van der Waals surface area contributed by atoms with Gasteiger partial charge < -0.3 is 20.1 Å².